The van der Waals surface area contributed by atoms with Crippen LogP contribution in [0.15, 0.2) is 36.4 Å². The van der Waals surface area contributed by atoms with Gasteiger partial charge >= 0.3 is 0 Å². The number of halogens is 2. The van der Waals surface area contributed by atoms with Gasteiger partial charge in [0.05, 0.1) is 16.5 Å². The van der Waals surface area contributed by atoms with Gasteiger partial charge in [-0.05, 0) is 30.3 Å². The summed E-state index contributed by atoms with van der Waals surface area (Å²) in [6, 6.07) is 9.01. The zero-order chi connectivity index (χ0) is 23.8. The summed E-state index contributed by atoms with van der Waals surface area (Å²) in [5.41, 5.74) is 0.912. The van der Waals surface area contributed by atoms with Gasteiger partial charge in [0, 0.05) is 50.9 Å². The van der Waals surface area contributed by atoms with Crippen molar-refractivity contribution in [1.82, 2.24) is 9.80 Å². The van der Waals surface area contributed by atoms with E-state index in [4.69, 9.17) is 21.1 Å². The molecule has 3 amide bonds. The van der Waals surface area contributed by atoms with Crippen LogP contribution in [0.3, 0.4) is 0 Å². The fourth-order valence-electron chi connectivity index (χ4n) is 4.54. The Kier molecular flexibility index (Phi) is 6.03. The number of carbonyl (C=O) groups is 3. The van der Waals surface area contributed by atoms with Crippen molar-refractivity contribution >= 4 is 35.0 Å². The predicted octanol–water partition coefficient (Wildman–Crippen LogP) is 2.59. The van der Waals surface area contributed by atoms with Gasteiger partial charge in [-0.2, -0.15) is 0 Å². The standard InChI is InChI=1S/C24H23ClFN3O5/c25-19-12-16(26)1-3-18(19)24(32)28-7-5-27(6-8-28)23(31)15-11-22(30)29(14-15)17-2-4-20-21(13-17)34-10-9-33-20/h1-4,12-13,15H,5-11,14H2. The van der Waals surface area contributed by atoms with Gasteiger partial charge in [-0.3, -0.25) is 14.4 Å². The van der Waals surface area contributed by atoms with Crippen LogP contribution in [0, 0.1) is 11.7 Å². The third-order valence-electron chi connectivity index (χ3n) is 6.35. The Bertz CT molecular complexity index is 1150. The molecule has 3 aliphatic rings. The lowest BCUT2D eigenvalue weighted by molar-refractivity contribution is -0.137. The minimum atomic E-state index is -0.506. The van der Waals surface area contributed by atoms with Crippen LogP contribution < -0.4 is 14.4 Å². The first-order valence-corrected chi connectivity index (χ1v) is 11.5. The summed E-state index contributed by atoms with van der Waals surface area (Å²) in [5.74, 6) is -0.229. The second-order valence-corrected chi connectivity index (χ2v) is 8.88. The molecule has 5 rings (SSSR count). The molecule has 0 bridgehead atoms. The summed E-state index contributed by atoms with van der Waals surface area (Å²) >= 11 is 6.02. The molecule has 0 N–H and O–H groups in total. The van der Waals surface area contributed by atoms with E-state index in [1.54, 1.807) is 32.9 Å². The molecule has 1 atom stereocenters. The molecular formula is C24H23ClFN3O5. The Morgan fingerprint density at radius 3 is 2.38 bits per heavy atom. The molecule has 0 radical (unpaired) electrons. The number of carbonyl (C=O) groups excluding carboxylic acids is 3. The first-order valence-electron chi connectivity index (χ1n) is 11.1. The van der Waals surface area contributed by atoms with E-state index in [-0.39, 0.29) is 34.7 Å². The van der Waals surface area contributed by atoms with E-state index in [9.17, 15) is 18.8 Å². The van der Waals surface area contributed by atoms with Gasteiger partial charge in [0.25, 0.3) is 5.91 Å². The topological polar surface area (TPSA) is 79.4 Å². The van der Waals surface area contributed by atoms with Crippen LogP contribution >= 0.6 is 11.6 Å². The highest BCUT2D eigenvalue weighted by Crippen LogP contribution is 2.36. The number of fused-ring (bicyclic) bond motifs is 1. The van der Waals surface area contributed by atoms with Crippen LogP contribution in [0.25, 0.3) is 0 Å². The zero-order valence-corrected chi connectivity index (χ0v) is 19.1. The number of amides is 3. The Morgan fingerprint density at radius 1 is 0.941 bits per heavy atom. The van der Waals surface area contributed by atoms with E-state index in [1.807, 2.05) is 0 Å². The second kappa shape index (κ2) is 9.13. The minimum absolute atomic E-state index is 0.0622. The van der Waals surface area contributed by atoms with Gasteiger partial charge < -0.3 is 24.2 Å². The van der Waals surface area contributed by atoms with Gasteiger partial charge in [-0.1, -0.05) is 11.6 Å². The Hall–Kier alpha value is -3.33. The fourth-order valence-corrected chi connectivity index (χ4v) is 4.79. The number of nitrogens with zero attached hydrogens (tertiary/aromatic N) is 3. The highest BCUT2D eigenvalue weighted by molar-refractivity contribution is 6.33. The summed E-state index contributed by atoms with van der Waals surface area (Å²) in [7, 11) is 0. The summed E-state index contributed by atoms with van der Waals surface area (Å²) in [5, 5.41) is 0.0622. The van der Waals surface area contributed by atoms with E-state index >= 15 is 0 Å². The third kappa shape index (κ3) is 4.27. The van der Waals surface area contributed by atoms with E-state index < -0.39 is 11.7 Å². The Balaban J connectivity index is 1.20. The van der Waals surface area contributed by atoms with Crippen LogP contribution in [0.4, 0.5) is 10.1 Å². The molecule has 1 unspecified atom stereocenters. The van der Waals surface area contributed by atoms with Crippen LogP contribution in [-0.4, -0.2) is 73.5 Å². The van der Waals surface area contributed by atoms with E-state index in [1.165, 1.54) is 12.1 Å². The summed E-state index contributed by atoms with van der Waals surface area (Å²) in [6.45, 7) is 2.63. The monoisotopic (exact) mass is 487 g/mol. The van der Waals surface area contributed by atoms with Gasteiger partial charge in [0.15, 0.2) is 11.5 Å². The van der Waals surface area contributed by atoms with Crippen molar-refractivity contribution in [2.75, 3.05) is 50.8 Å². The lowest BCUT2D eigenvalue weighted by atomic mass is 10.1. The maximum Gasteiger partial charge on any atom is 0.255 e. The van der Waals surface area contributed by atoms with E-state index in [0.717, 1.165) is 6.07 Å². The van der Waals surface area contributed by atoms with Crippen LogP contribution in [0.5, 0.6) is 11.5 Å². The van der Waals surface area contributed by atoms with Crippen LogP contribution in [0.2, 0.25) is 5.02 Å². The molecule has 3 heterocycles. The highest BCUT2D eigenvalue weighted by Gasteiger charge is 2.38. The number of rotatable bonds is 3. The molecule has 0 saturated carbocycles. The zero-order valence-electron chi connectivity index (χ0n) is 18.3. The molecule has 34 heavy (non-hydrogen) atoms. The average molecular weight is 488 g/mol. The number of piperazine rings is 1. The first kappa shape index (κ1) is 22.5. The predicted molar refractivity (Wildman–Crippen MR) is 122 cm³/mol. The fraction of sp³-hybridized carbons (Fsp3) is 0.375. The molecule has 10 heteroatoms. The molecule has 0 aliphatic carbocycles. The van der Waals surface area contributed by atoms with Gasteiger partial charge in [0.2, 0.25) is 11.8 Å². The highest BCUT2D eigenvalue weighted by atomic mass is 35.5. The quantitative estimate of drug-likeness (QED) is 0.665. The van der Waals surface area contributed by atoms with Crippen LogP contribution in [-0.2, 0) is 9.59 Å². The molecule has 3 aliphatic heterocycles. The first-order chi connectivity index (χ1) is 16.4. The summed E-state index contributed by atoms with van der Waals surface area (Å²) < 4.78 is 24.4. The largest absolute Gasteiger partial charge is 0.486 e. The molecule has 0 aromatic heterocycles. The molecule has 2 saturated heterocycles. The van der Waals surface area contributed by atoms with E-state index in [2.05, 4.69) is 0 Å². The lowest BCUT2D eigenvalue weighted by Crippen LogP contribution is -2.52. The van der Waals surface area contributed by atoms with Gasteiger partial charge in [-0.15, -0.1) is 0 Å². The van der Waals surface area contributed by atoms with Crippen molar-refractivity contribution in [1.29, 1.82) is 0 Å². The van der Waals surface area contributed by atoms with Crippen molar-refractivity contribution in [3.63, 3.8) is 0 Å². The number of hydrogen-bond donors (Lipinski definition) is 0. The summed E-state index contributed by atoms with van der Waals surface area (Å²) in [6.07, 6.45) is 0.137. The maximum atomic E-state index is 13.3. The third-order valence-corrected chi connectivity index (χ3v) is 6.66. The van der Waals surface area contributed by atoms with Gasteiger partial charge in [0.1, 0.15) is 19.0 Å². The molecule has 2 aromatic carbocycles. The van der Waals surface area contributed by atoms with Crippen molar-refractivity contribution in [3.05, 3.63) is 52.8 Å². The Morgan fingerprint density at radius 2 is 1.65 bits per heavy atom. The molecule has 8 nitrogen and oxygen atoms in total. The number of hydrogen-bond acceptors (Lipinski definition) is 5. The molecular weight excluding hydrogens is 465 g/mol. The molecule has 2 fully saturated rings. The second-order valence-electron chi connectivity index (χ2n) is 8.48. The van der Waals surface area contributed by atoms with Crippen molar-refractivity contribution in [2.45, 2.75) is 6.42 Å². The smallest absolute Gasteiger partial charge is 0.255 e. The number of benzene rings is 2. The average Bonchev–Trinajstić information content (AvgIpc) is 3.24. The SMILES string of the molecule is O=C(c1ccc(F)cc1Cl)N1CCN(C(=O)C2CC(=O)N(c3ccc4c(c3)OCCO4)C2)CC1. The maximum absolute atomic E-state index is 13.3. The van der Waals surface area contributed by atoms with E-state index in [0.29, 0.717) is 63.1 Å². The van der Waals surface area contributed by atoms with Crippen molar-refractivity contribution in [2.24, 2.45) is 5.92 Å². The lowest BCUT2D eigenvalue weighted by Gasteiger charge is -2.36. The number of ether oxygens (including phenoxy) is 2. The Labute approximate surface area is 200 Å². The minimum Gasteiger partial charge on any atom is -0.486 e. The van der Waals surface area contributed by atoms with Crippen molar-refractivity contribution in [3.8, 4) is 11.5 Å². The molecule has 0 spiro atoms. The van der Waals surface area contributed by atoms with Crippen LogP contribution in [0.1, 0.15) is 16.8 Å². The molecule has 178 valence electrons. The normalized spacial score (nSPS) is 20.0. The number of anilines is 1. The summed E-state index contributed by atoms with van der Waals surface area (Å²) in [4.78, 5) is 43.5. The van der Waals surface area contributed by atoms with Gasteiger partial charge in [-0.25, -0.2) is 4.39 Å². The van der Waals surface area contributed by atoms with Crippen molar-refractivity contribution < 1.29 is 28.2 Å². The molecule has 2 aromatic rings.